The van der Waals surface area contributed by atoms with E-state index < -0.39 is 35.0 Å². The Bertz CT molecular complexity index is 1030. The van der Waals surface area contributed by atoms with Gasteiger partial charge in [-0.1, -0.05) is 36.3 Å². The van der Waals surface area contributed by atoms with Gasteiger partial charge >= 0.3 is 17.9 Å². The van der Waals surface area contributed by atoms with E-state index in [0.29, 0.717) is 19.4 Å². The van der Waals surface area contributed by atoms with Gasteiger partial charge in [-0.05, 0) is 20.3 Å². The average molecular weight is 485 g/mol. The van der Waals surface area contributed by atoms with E-state index >= 15 is 0 Å². The Morgan fingerprint density at radius 1 is 0.943 bits per heavy atom. The summed E-state index contributed by atoms with van der Waals surface area (Å²) in [6.07, 6.45) is 10.1. The van der Waals surface area contributed by atoms with Gasteiger partial charge in [-0.15, -0.1) is 0 Å². The van der Waals surface area contributed by atoms with Crippen LogP contribution >= 0.6 is 0 Å². The molecule has 7 atom stereocenters. The Morgan fingerprint density at radius 2 is 1.69 bits per heavy atom. The molecule has 8 nitrogen and oxygen atoms in total. The molecule has 5 aliphatic rings. The summed E-state index contributed by atoms with van der Waals surface area (Å²) in [5, 5.41) is 0. The van der Waals surface area contributed by atoms with Crippen LogP contribution in [0.5, 0.6) is 0 Å². The molecule has 0 aromatic rings. The van der Waals surface area contributed by atoms with Crippen LogP contribution < -0.4 is 0 Å². The van der Waals surface area contributed by atoms with E-state index in [4.69, 9.17) is 23.7 Å². The zero-order valence-electron chi connectivity index (χ0n) is 20.4. The Kier molecular flexibility index (Phi) is 6.21. The minimum Gasteiger partial charge on any atom is -0.462 e. The van der Waals surface area contributed by atoms with Crippen LogP contribution in [0.2, 0.25) is 0 Å². The molecule has 35 heavy (non-hydrogen) atoms. The molecular formula is C27H32O8. The maximum Gasteiger partial charge on any atom is 0.331 e. The summed E-state index contributed by atoms with van der Waals surface area (Å²) in [7, 11) is 0. The molecule has 0 aromatic heterocycles. The Morgan fingerprint density at radius 3 is 2.43 bits per heavy atom. The molecule has 3 fully saturated rings. The van der Waals surface area contributed by atoms with Crippen molar-refractivity contribution in [3.8, 4) is 0 Å². The van der Waals surface area contributed by atoms with Gasteiger partial charge < -0.3 is 23.7 Å². The molecule has 2 aliphatic carbocycles. The minimum atomic E-state index is -0.531. The van der Waals surface area contributed by atoms with Gasteiger partial charge in [-0.2, -0.15) is 0 Å². The third kappa shape index (κ3) is 4.27. The second kappa shape index (κ2) is 9.06. The number of epoxide rings is 1. The van der Waals surface area contributed by atoms with Crippen LogP contribution in [0.25, 0.3) is 0 Å². The van der Waals surface area contributed by atoms with Crippen molar-refractivity contribution in [1.29, 1.82) is 0 Å². The van der Waals surface area contributed by atoms with E-state index in [1.165, 1.54) is 36.0 Å². The number of hydrogen-bond acceptors (Lipinski definition) is 8. The van der Waals surface area contributed by atoms with Crippen LogP contribution in [-0.4, -0.2) is 61.6 Å². The molecule has 4 unspecified atom stereocenters. The van der Waals surface area contributed by atoms with Gasteiger partial charge in [0.05, 0.1) is 32.0 Å². The van der Waals surface area contributed by atoms with E-state index in [9.17, 15) is 14.4 Å². The van der Waals surface area contributed by atoms with E-state index in [1.54, 1.807) is 6.92 Å². The fourth-order valence-corrected chi connectivity index (χ4v) is 6.54. The molecule has 0 N–H and O–H groups in total. The van der Waals surface area contributed by atoms with Gasteiger partial charge in [0.15, 0.2) is 0 Å². The maximum atomic E-state index is 12.7. The molecule has 0 radical (unpaired) electrons. The lowest BCUT2D eigenvalue weighted by atomic mass is 9.57. The molecule has 3 aliphatic heterocycles. The van der Waals surface area contributed by atoms with Gasteiger partial charge in [0.25, 0.3) is 0 Å². The SMILES string of the molecule is CC1=CC2O[C@H]3CC4OC(=O)C=C/C=C/C(=O)OCC/C(C)=C/C(=O)OCC(C1)C2[C@@]4(C)[C@]31CO1. The van der Waals surface area contributed by atoms with Gasteiger partial charge in [0.2, 0.25) is 0 Å². The maximum absolute atomic E-state index is 12.7. The number of carbonyl (C=O) groups is 3. The zero-order chi connectivity index (χ0) is 24.8. The third-order valence-corrected chi connectivity index (χ3v) is 8.27. The lowest BCUT2D eigenvalue weighted by Crippen LogP contribution is -2.60. The van der Waals surface area contributed by atoms with Crippen molar-refractivity contribution in [3.05, 3.63) is 47.6 Å². The molecule has 3 heterocycles. The first kappa shape index (κ1) is 24.0. The normalized spacial score (nSPS) is 44.0. The van der Waals surface area contributed by atoms with Gasteiger partial charge in [0, 0.05) is 48.3 Å². The molecular weight excluding hydrogens is 452 g/mol. The summed E-state index contributed by atoms with van der Waals surface area (Å²) in [5.41, 5.74) is 0.965. The highest BCUT2D eigenvalue weighted by Gasteiger charge is 2.79. The summed E-state index contributed by atoms with van der Waals surface area (Å²) in [5.74, 6) is -1.49. The van der Waals surface area contributed by atoms with Crippen molar-refractivity contribution < 1.29 is 38.1 Å². The van der Waals surface area contributed by atoms with Crippen molar-refractivity contribution in [2.75, 3.05) is 19.8 Å². The molecule has 188 valence electrons. The minimum absolute atomic E-state index is 0.00417. The van der Waals surface area contributed by atoms with E-state index in [0.717, 1.165) is 12.0 Å². The molecule has 2 bridgehead atoms. The number of hydrogen-bond donors (Lipinski definition) is 0. The third-order valence-electron chi connectivity index (χ3n) is 8.27. The number of cyclic esters (lactones) is 2. The number of allylic oxidation sites excluding steroid dienone is 3. The molecule has 0 amide bonds. The molecule has 0 aromatic carbocycles. The Hall–Kier alpha value is -2.71. The smallest absolute Gasteiger partial charge is 0.331 e. The molecule has 2 saturated heterocycles. The second-order valence-electron chi connectivity index (χ2n) is 10.5. The van der Waals surface area contributed by atoms with Gasteiger partial charge in [-0.3, -0.25) is 0 Å². The van der Waals surface area contributed by atoms with Crippen molar-refractivity contribution in [1.82, 2.24) is 0 Å². The lowest BCUT2D eigenvalue weighted by molar-refractivity contribution is -0.187. The van der Waals surface area contributed by atoms with E-state index in [-0.39, 0.29) is 37.3 Å². The van der Waals surface area contributed by atoms with Crippen molar-refractivity contribution >= 4 is 17.9 Å². The van der Waals surface area contributed by atoms with Crippen LogP contribution in [0.4, 0.5) is 0 Å². The monoisotopic (exact) mass is 484 g/mol. The lowest BCUT2D eigenvalue weighted by Gasteiger charge is -2.52. The molecule has 5 rings (SSSR count). The summed E-state index contributed by atoms with van der Waals surface area (Å²) in [4.78, 5) is 37.1. The topological polar surface area (TPSA) is 101 Å². The molecule has 1 saturated carbocycles. The quantitative estimate of drug-likeness (QED) is 0.224. The number of carbonyl (C=O) groups excluding carboxylic acids is 3. The van der Waals surface area contributed by atoms with Crippen LogP contribution in [0.15, 0.2) is 47.6 Å². The number of esters is 3. The van der Waals surface area contributed by atoms with Crippen molar-refractivity contribution in [2.45, 2.75) is 63.9 Å². The first-order chi connectivity index (χ1) is 16.7. The number of ether oxygens (including phenoxy) is 5. The first-order valence-electron chi connectivity index (χ1n) is 12.3. The van der Waals surface area contributed by atoms with Gasteiger partial charge in [-0.25, -0.2) is 14.4 Å². The first-order valence-corrected chi connectivity index (χ1v) is 12.3. The number of rotatable bonds is 0. The standard InChI is InChI=1S/C27H32O8/c1-16-8-9-31-22(28)6-4-5-7-23(29)35-20-13-21-27(15-33-27)26(20,3)25-18(14-32-24(30)12-16)10-17(2)11-19(25)34-21/h4-7,11-12,18-21,25H,8-10,13-15H2,1-3H3/b6-4+,7-5?,16-12+/t18?,19?,20?,21-,25?,26-,27-/m0/s1. The van der Waals surface area contributed by atoms with Crippen LogP contribution in [0, 0.1) is 17.3 Å². The summed E-state index contributed by atoms with van der Waals surface area (Å²) in [6.45, 7) is 6.93. The molecule has 8 heteroatoms. The Labute approximate surface area is 204 Å². The summed E-state index contributed by atoms with van der Waals surface area (Å²) >= 11 is 0. The van der Waals surface area contributed by atoms with Crippen molar-refractivity contribution in [3.63, 3.8) is 0 Å². The highest BCUT2D eigenvalue weighted by molar-refractivity contribution is 5.85. The summed E-state index contributed by atoms with van der Waals surface area (Å²) < 4.78 is 29.4. The van der Waals surface area contributed by atoms with Crippen LogP contribution in [-0.2, 0) is 38.1 Å². The summed E-state index contributed by atoms with van der Waals surface area (Å²) in [6, 6.07) is 0. The predicted octanol–water partition coefficient (Wildman–Crippen LogP) is 2.98. The largest absolute Gasteiger partial charge is 0.462 e. The van der Waals surface area contributed by atoms with Crippen LogP contribution in [0.3, 0.4) is 0 Å². The second-order valence-corrected chi connectivity index (χ2v) is 10.5. The van der Waals surface area contributed by atoms with E-state index in [1.807, 2.05) is 0 Å². The fourth-order valence-electron chi connectivity index (χ4n) is 6.54. The van der Waals surface area contributed by atoms with Gasteiger partial charge in [0.1, 0.15) is 11.7 Å². The zero-order valence-corrected chi connectivity index (χ0v) is 20.4. The molecule has 1 spiro atoms. The Balaban J connectivity index is 1.47. The fraction of sp³-hybridized carbons (Fsp3) is 0.593. The predicted molar refractivity (Wildman–Crippen MR) is 124 cm³/mol. The van der Waals surface area contributed by atoms with Crippen LogP contribution in [0.1, 0.15) is 40.0 Å². The van der Waals surface area contributed by atoms with Crippen molar-refractivity contribution in [2.24, 2.45) is 17.3 Å². The highest BCUT2D eigenvalue weighted by atomic mass is 16.6. The average Bonchev–Trinajstić information content (AvgIpc) is 3.57. The highest BCUT2D eigenvalue weighted by Crippen LogP contribution is 2.68. The van der Waals surface area contributed by atoms with E-state index in [2.05, 4.69) is 19.9 Å².